The van der Waals surface area contributed by atoms with E-state index in [9.17, 15) is 0 Å². The topological polar surface area (TPSA) is 12.0 Å². The molecule has 0 saturated heterocycles. The Hall–Kier alpha value is 0.250. The molecule has 1 N–H and O–H groups in total. The van der Waals surface area contributed by atoms with Crippen molar-refractivity contribution in [2.24, 2.45) is 0 Å². The Balaban J connectivity index is 3.76. The zero-order valence-electron chi connectivity index (χ0n) is 8.62. The summed E-state index contributed by atoms with van der Waals surface area (Å²) in [5, 5.41) is 3.55. The number of unbranched alkanes of at least 4 members (excludes halogenated alkanes) is 1. The molecule has 2 heteroatoms. The molecule has 0 fully saturated rings. The van der Waals surface area contributed by atoms with Gasteiger partial charge in [-0.15, -0.1) is 11.6 Å². The van der Waals surface area contributed by atoms with E-state index in [1.54, 1.807) is 0 Å². The van der Waals surface area contributed by atoms with E-state index in [-0.39, 0.29) is 5.54 Å². The summed E-state index contributed by atoms with van der Waals surface area (Å²) in [6, 6.07) is 0. The van der Waals surface area contributed by atoms with Crippen LogP contribution in [0.25, 0.3) is 0 Å². The molecule has 0 aliphatic rings. The molecule has 0 aliphatic carbocycles. The highest BCUT2D eigenvalue weighted by Gasteiger charge is 2.23. The van der Waals surface area contributed by atoms with Crippen molar-refractivity contribution in [2.75, 3.05) is 12.4 Å². The van der Waals surface area contributed by atoms with E-state index in [0.717, 1.165) is 25.3 Å². The molecule has 0 heterocycles. The van der Waals surface area contributed by atoms with Gasteiger partial charge < -0.3 is 5.32 Å². The minimum Gasteiger partial charge on any atom is -0.310 e. The lowest BCUT2D eigenvalue weighted by Crippen LogP contribution is -2.46. The molecule has 0 atom stereocenters. The van der Waals surface area contributed by atoms with E-state index in [0.29, 0.717) is 0 Å². The van der Waals surface area contributed by atoms with E-state index in [1.807, 2.05) is 0 Å². The number of nitrogens with one attached hydrogen (secondary N) is 1. The third-order valence-corrected chi connectivity index (χ3v) is 3.15. The minimum atomic E-state index is 0.191. The van der Waals surface area contributed by atoms with Crippen LogP contribution in [0.3, 0.4) is 0 Å². The first-order chi connectivity index (χ1) is 5.74. The first kappa shape index (κ1) is 12.2. The van der Waals surface area contributed by atoms with Crippen LogP contribution in [0.1, 0.15) is 46.5 Å². The lowest BCUT2D eigenvalue weighted by Gasteiger charge is -2.30. The summed E-state index contributed by atoms with van der Waals surface area (Å²) in [6.07, 6.45) is 4.74. The molecule has 0 aliphatic heterocycles. The summed E-state index contributed by atoms with van der Waals surface area (Å²) in [4.78, 5) is 0. The van der Waals surface area contributed by atoms with E-state index >= 15 is 0 Å². The van der Waals surface area contributed by atoms with Crippen LogP contribution in [0.4, 0.5) is 0 Å². The summed E-state index contributed by atoms with van der Waals surface area (Å²) in [7, 11) is 0. The summed E-state index contributed by atoms with van der Waals surface area (Å²) in [5.74, 6) is 0.726. The predicted octanol–water partition coefficient (Wildman–Crippen LogP) is 3.17. The fraction of sp³-hybridized carbons (Fsp3) is 1.00. The molecule has 0 aromatic heterocycles. The third kappa shape index (κ3) is 3.77. The Morgan fingerprint density at radius 1 is 1.17 bits per heavy atom. The number of hydrogen-bond donors (Lipinski definition) is 1. The van der Waals surface area contributed by atoms with Crippen molar-refractivity contribution in [1.82, 2.24) is 5.32 Å². The van der Waals surface area contributed by atoms with Crippen molar-refractivity contribution >= 4 is 11.6 Å². The molecule has 0 saturated carbocycles. The maximum Gasteiger partial charge on any atom is 0.0405 e. The van der Waals surface area contributed by atoms with Crippen LogP contribution < -0.4 is 5.32 Å². The van der Waals surface area contributed by atoms with Gasteiger partial charge in [0.25, 0.3) is 0 Å². The summed E-state index contributed by atoms with van der Waals surface area (Å²) < 4.78 is 0. The number of alkyl halides is 1. The van der Waals surface area contributed by atoms with Gasteiger partial charge in [0.15, 0.2) is 0 Å². The van der Waals surface area contributed by atoms with Gasteiger partial charge >= 0.3 is 0 Å². The average molecular weight is 192 g/mol. The largest absolute Gasteiger partial charge is 0.310 e. The van der Waals surface area contributed by atoms with Crippen LogP contribution in [-0.4, -0.2) is 18.0 Å². The predicted molar refractivity (Wildman–Crippen MR) is 56.9 cm³/mol. The van der Waals surface area contributed by atoms with Crippen LogP contribution in [0, 0.1) is 0 Å². The van der Waals surface area contributed by atoms with Crippen molar-refractivity contribution in [3.63, 3.8) is 0 Å². The molecule has 0 radical (unpaired) electrons. The maximum absolute atomic E-state index is 5.94. The zero-order chi connectivity index (χ0) is 9.45. The first-order valence-corrected chi connectivity index (χ1v) is 5.59. The smallest absolute Gasteiger partial charge is 0.0405 e. The van der Waals surface area contributed by atoms with Crippen molar-refractivity contribution in [1.29, 1.82) is 0 Å². The zero-order valence-corrected chi connectivity index (χ0v) is 9.38. The van der Waals surface area contributed by atoms with E-state index < -0.39 is 0 Å². The molecule has 0 unspecified atom stereocenters. The van der Waals surface area contributed by atoms with Crippen molar-refractivity contribution in [3.05, 3.63) is 0 Å². The summed E-state index contributed by atoms with van der Waals surface area (Å²) in [6.45, 7) is 7.71. The SMILES string of the molecule is CCCCNC(CC)(CC)CCl. The van der Waals surface area contributed by atoms with Gasteiger partial charge in [-0.2, -0.15) is 0 Å². The Kier molecular flexibility index (Phi) is 6.87. The van der Waals surface area contributed by atoms with Crippen LogP contribution >= 0.6 is 11.6 Å². The maximum atomic E-state index is 5.94. The first-order valence-electron chi connectivity index (χ1n) is 5.05. The van der Waals surface area contributed by atoms with Gasteiger partial charge in [-0.3, -0.25) is 0 Å². The van der Waals surface area contributed by atoms with Gasteiger partial charge in [0, 0.05) is 11.4 Å². The lowest BCUT2D eigenvalue weighted by atomic mass is 9.95. The normalized spacial score (nSPS) is 12.0. The molecular weight excluding hydrogens is 170 g/mol. The molecule has 12 heavy (non-hydrogen) atoms. The number of hydrogen-bond acceptors (Lipinski definition) is 1. The van der Waals surface area contributed by atoms with Crippen molar-refractivity contribution < 1.29 is 0 Å². The van der Waals surface area contributed by atoms with Crippen LogP contribution in [0.15, 0.2) is 0 Å². The third-order valence-electron chi connectivity index (χ3n) is 2.64. The quantitative estimate of drug-likeness (QED) is 0.482. The highest BCUT2D eigenvalue weighted by Crippen LogP contribution is 2.16. The van der Waals surface area contributed by atoms with E-state index in [2.05, 4.69) is 26.1 Å². The van der Waals surface area contributed by atoms with Crippen LogP contribution in [0.2, 0.25) is 0 Å². The Labute approximate surface area is 81.9 Å². The van der Waals surface area contributed by atoms with Crippen molar-refractivity contribution in [3.8, 4) is 0 Å². The van der Waals surface area contributed by atoms with Gasteiger partial charge in [0.05, 0.1) is 0 Å². The highest BCUT2D eigenvalue weighted by molar-refractivity contribution is 6.18. The van der Waals surface area contributed by atoms with E-state index in [1.165, 1.54) is 12.8 Å². The monoisotopic (exact) mass is 191 g/mol. The highest BCUT2D eigenvalue weighted by atomic mass is 35.5. The molecule has 1 nitrogen and oxygen atoms in total. The van der Waals surface area contributed by atoms with Crippen LogP contribution in [0.5, 0.6) is 0 Å². The molecule has 0 amide bonds. The fourth-order valence-electron chi connectivity index (χ4n) is 1.27. The second kappa shape index (κ2) is 6.73. The second-order valence-electron chi connectivity index (χ2n) is 3.40. The molecule has 0 aromatic rings. The second-order valence-corrected chi connectivity index (χ2v) is 3.67. The summed E-state index contributed by atoms with van der Waals surface area (Å²) >= 11 is 5.94. The Bertz CT molecular complexity index is 91.7. The number of halogens is 1. The van der Waals surface area contributed by atoms with Gasteiger partial charge in [-0.25, -0.2) is 0 Å². The number of rotatable bonds is 7. The van der Waals surface area contributed by atoms with E-state index in [4.69, 9.17) is 11.6 Å². The standard InChI is InChI=1S/C10H22ClN/c1-4-7-8-12-10(5-2,6-3)9-11/h12H,4-9H2,1-3H3. The lowest BCUT2D eigenvalue weighted by molar-refractivity contribution is 0.335. The molecule has 0 rings (SSSR count). The van der Waals surface area contributed by atoms with Gasteiger partial charge in [0.2, 0.25) is 0 Å². The summed E-state index contributed by atoms with van der Waals surface area (Å²) in [5.41, 5.74) is 0.191. The molecule has 0 spiro atoms. The van der Waals surface area contributed by atoms with Crippen LogP contribution in [-0.2, 0) is 0 Å². The minimum absolute atomic E-state index is 0.191. The molecule has 74 valence electrons. The molecule has 0 bridgehead atoms. The van der Waals surface area contributed by atoms with Gasteiger partial charge in [-0.1, -0.05) is 27.2 Å². The Morgan fingerprint density at radius 3 is 2.08 bits per heavy atom. The Morgan fingerprint density at radius 2 is 1.75 bits per heavy atom. The average Bonchev–Trinajstić information content (AvgIpc) is 2.14. The van der Waals surface area contributed by atoms with Gasteiger partial charge in [0.1, 0.15) is 0 Å². The molecule has 0 aromatic carbocycles. The fourth-order valence-corrected chi connectivity index (χ4v) is 1.74. The molecular formula is C10H22ClN. The van der Waals surface area contributed by atoms with Gasteiger partial charge in [-0.05, 0) is 25.8 Å². The van der Waals surface area contributed by atoms with Crippen molar-refractivity contribution in [2.45, 2.75) is 52.0 Å².